The van der Waals surface area contributed by atoms with Crippen molar-refractivity contribution in [1.29, 1.82) is 0 Å². The molecule has 7 nitrogen and oxygen atoms in total. The van der Waals surface area contributed by atoms with E-state index in [0.717, 1.165) is 16.9 Å². The molecule has 0 aliphatic carbocycles. The van der Waals surface area contributed by atoms with Gasteiger partial charge < -0.3 is 10.1 Å². The number of nitrogens with one attached hydrogen (secondary N) is 1. The molecule has 134 valence electrons. The van der Waals surface area contributed by atoms with Crippen molar-refractivity contribution in [3.63, 3.8) is 0 Å². The second kappa shape index (κ2) is 7.77. The van der Waals surface area contributed by atoms with Gasteiger partial charge in [-0.2, -0.15) is 4.80 Å². The van der Waals surface area contributed by atoms with Gasteiger partial charge in [-0.25, -0.2) is 0 Å². The number of rotatable bonds is 6. The van der Waals surface area contributed by atoms with Gasteiger partial charge in [0.1, 0.15) is 5.75 Å². The second-order valence-electron chi connectivity index (χ2n) is 6.20. The van der Waals surface area contributed by atoms with Gasteiger partial charge in [-0.1, -0.05) is 24.3 Å². The lowest BCUT2D eigenvalue weighted by Gasteiger charge is -2.08. The summed E-state index contributed by atoms with van der Waals surface area (Å²) in [5, 5.41) is 15.5. The topological polar surface area (TPSA) is 81.9 Å². The third-order valence-corrected chi connectivity index (χ3v) is 3.74. The van der Waals surface area contributed by atoms with Gasteiger partial charge in [-0.05, 0) is 48.9 Å². The molecule has 0 unspecified atom stereocenters. The largest absolute Gasteiger partial charge is 0.497 e. The van der Waals surface area contributed by atoms with Gasteiger partial charge in [0.25, 0.3) is 5.91 Å². The Labute approximate surface area is 152 Å². The highest BCUT2D eigenvalue weighted by Crippen LogP contribution is 2.16. The van der Waals surface area contributed by atoms with Crippen LogP contribution in [0.5, 0.6) is 5.75 Å². The summed E-state index contributed by atoms with van der Waals surface area (Å²) in [5.41, 5.74) is 2.37. The number of nitrogens with zero attached hydrogens (tertiary/aromatic N) is 4. The Morgan fingerprint density at radius 2 is 1.96 bits per heavy atom. The molecule has 0 atom stereocenters. The molecular formula is C19H21N5O2. The summed E-state index contributed by atoms with van der Waals surface area (Å²) in [5.74, 6) is 1.17. The van der Waals surface area contributed by atoms with Crippen LogP contribution in [0.25, 0.3) is 11.4 Å². The number of ether oxygens (including phenoxy) is 1. The van der Waals surface area contributed by atoms with Crippen molar-refractivity contribution in [3.05, 3.63) is 59.7 Å². The standard InChI is InChI=1S/C19H21N5O2/c1-13(2)20-19(25)16-6-4-5-15(11-16)18-21-23-24(22-18)12-14-7-9-17(26-3)10-8-14/h4-11,13H,12H2,1-3H3,(H,20,25). The fourth-order valence-corrected chi connectivity index (χ4v) is 2.47. The molecule has 0 saturated heterocycles. The molecule has 0 bridgehead atoms. The number of methoxy groups -OCH3 is 1. The first-order chi connectivity index (χ1) is 12.5. The predicted molar refractivity (Wildman–Crippen MR) is 98.0 cm³/mol. The lowest BCUT2D eigenvalue weighted by atomic mass is 10.1. The van der Waals surface area contributed by atoms with Crippen molar-refractivity contribution in [2.75, 3.05) is 7.11 Å². The molecule has 2 aromatic carbocycles. The van der Waals surface area contributed by atoms with Crippen LogP contribution in [0.15, 0.2) is 48.5 Å². The van der Waals surface area contributed by atoms with E-state index in [9.17, 15) is 4.79 Å². The maximum atomic E-state index is 12.2. The van der Waals surface area contributed by atoms with Gasteiger partial charge in [0.15, 0.2) is 0 Å². The molecule has 26 heavy (non-hydrogen) atoms. The molecule has 3 aromatic rings. The van der Waals surface area contributed by atoms with Gasteiger partial charge in [0, 0.05) is 17.2 Å². The van der Waals surface area contributed by atoms with Crippen LogP contribution in [0.3, 0.4) is 0 Å². The predicted octanol–water partition coefficient (Wildman–Crippen LogP) is 2.54. The molecule has 1 aromatic heterocycles. The molecule has 0 radical (unpaired) electrons. The number of benzene rings is 2. The highest BCUT2D eigenvalue weighted by Gasteiger charge is 2.11. The Balaban J connectivity index is 1.75. The second-order valence-corrected chi connectivity index (χ2v) is 6.20. The number of hydrogen-bond donors (Lipinski definition) is 1. The van der Waals surface area contributed by atoms with Crippen LogP contribution >= 0.6 is 0 Å². The normalized spacial score (nSPS) is 10.8. The smallest absolute Gasteiger partial charge is 0.251 e. The quantitative estimate of drug-likeness (QED) is 0.738. The number of tetrazole rings is 1. The number of hydrogen-bond acceptors (Lipinski definition) is 5. The molecule has 7 heteroatoms. The molecule has 1 amide bonds. The molecule has 0 aliphatic rings. The van der Waals surface area contributed by atoms with E-state index in [0.29, 0.717) is 17.9 Å². The van der Waals surface area contributed by atoms with Gasteiger partial charge in [0.05, 0.1) is 13.7 Å². The fraction of sp³-hybridized carbons (Fsp3) is 0.263. The summed E-state index contributed by atoms with van der Waals surface area (Å²) in [6, 6.07) is 15.0. The van der Waals surface area contributed by atoms with Gasteiger partial charge >= 0.3 is 0 Å². The summed E-state index contributed by atoms with van der Waals surface area (Å²) in [7, 11) is 1.63. The third kappa shape index (κ3) is 4.24. The summed E-state index contributed by atoms with van der Waals surface area (Å²) >= 11 is 0. The lowest BCUT2D eigenvalue weighted by Crippen LogP contribution is -2.30. The molecule has 0 fully saturated rings. The van der Waals surface area contributed by atoms with Crippen molar-refractivity contribution in [1.82, 2.24) is 25.5 Å². The van der Waals surface area contributed by atoms with Crippen LogP contribution < -0.4 is 10.1 Å². The summed E-state index contributed by atoms with van der Waals surface area (Å²) < 4.78 is 5.15. The Bertz CT molecular complexity index is 887. The van der Waals surface area contributed by atoms with E-state index in [1.165, 1.54) is 4.80 Å². The van der Waals surface area contributed by atoms with Gasteiger partial charge in [0.2, 0.25) is 5.82 Å². The zero-order valence-electron chi connectivity index (χ0n) is 15.0. The fourth-order valence-electron chi connectivity index (χ4n) is 2.47. The lowest BCUT2D eigenvalue weighted by molar-refractivity contribution is 0.0943. The van der Waals surface area contributed by atoms with E-state index < -0.39 is 0 Å². The Morgan fingerprint density at radius 3 is 2.65 bits per heavy atom. The number of carbonyl (C=O) groups is 1. The molecule has 1 N–H and O–H groups in total. The van der Waals surface area contributed by atoms with Crippen molar-refractivity contribution in [2.45, 2.75) is 26.4 Å². The summed E-state index contributed by atoms with van der Waals surface area (Å²) in [6.45, 7) is 4.35. The van der Waals surface area contributed by atoms with E-state index in [2.05, 4.69) is 20.7 Å². The molecular weight excluding hydrogens is 330 g/mol. The van der Waals surface area contributed by atoms with Crippen LogP contribution in [0, 0.1) is 0 Å². The Hall–Kier alpha value is -3.22. The number of carbonyl (C=O) groups excluding carboxylic acids is 1. The Morgan fingerprint density at radius 1 is 1.19 bits per heavy atom. The van der Waals surface area contributed by atoms with E-state index in [1.807, 2.05) is 50.2 Å². The van der Waals surface area contributed by atoms with Gasteiger partial charge in [-0.15, -0.1) is 10.2 Å². The van der Waals surface area contributed by atoms with E-state index in [4.69, 9.17) is 4.74 Å². The molecule has 3 rings (SSSR count). The molecule has 0 spiro atoms. The van der Waals surface area contributed by atoms with Crippen LogP contribution in [0.1, 0.15) is 29.8 Å². The maximum Gasteiger partial charge on any atom is 0.251 e. The zero-order valence-corrected chi connectivity index (χ0v) is 15.0. The summed E-state index contributed by atoms with van der Waals surface area (Å²) in [4.78, 5) is 13.7. The highest BCUT2D eigenvalue weighted by molar-refractivity contribution is 5.95. The van der Waals surface area contributed by atoms with E-state index in [-0.39, 0.29) is 11.9 Å². The first kappa shape index (κ1) is 17.6. The molecule has 1 heterocycles. The first-order valence-corrected chi connectivity index (χ1v) is 8.37. The van der Waals surface area contributed by atoms with Gasteiger partial charge in [-0.3, -0.25) is 4.79 Å². The van der Waals surface area contributed by atoms with Crippen LogP contribution in [-0.4, -0.2) is 39.3 Å². The minimum absolute atomic E-state index is 0.0784. The van der Waals surface area contributed by atoms with Crippen molar-refractivity contribution in [2.24, 2.45) is 0 Å². The van der Waals surface area contributed by atoms with Crippen molar-refractivity contribution >= 4 is 5.91 Å². The van der Waals surface area contributed by atoms with Crippen LogP contribution in [0.2, 0.25) is 0 Å². The van der Waals surface area contributed by atoms with Crippen LogP contribution in [-0.2, 0) is 6.54 Å². The Kier molecular flexibility index (Phi) is 5.26. The minimum Gasteiger partial charge on any atom is -0.497 e. The van der Waals surface area contributed by atoms with E-state index in [1.54, 1.807) is 19.2 Å². The minimum atomic E-state index is -0.118. The average Bonchev–Trinajstić information content (AvgIpc) is 3.10. The number of amides is 1. The third-order valence-electron chi connectivity index (χ3n) is 3.74. The van der Waals surface area contributed by atoms with Crippen molar-refractivity contribution < 1.29 is 9.53 Å². The SMILES string of the molecule is COc1ccc(Cn2nnc(-c3cccc(C(=O)NC(C)C)c3)n2)cc1. The number of aromatic nitrogens is 4. The summed E-state index contributed by atoms with van der Waals surface area (Å²) in [6.07, 6.45) is 0. The highest BCUT2D eigenvalue weighted by atomic mass is 16.5. The molecule has 0 aliphatic heterocycles. The van der Waals surface area contributed by atoms with E-state index >= 15 is 0 Å². The maximum absolute atomic E-state index is 12.2. The van der Waals surface area contributed by atoms with Crippen LogP contribution in [0.4, 0.5) is 0 Å². The first-order valence-electron chi connectivity index (χ1n) is 8.37. The van der Waals surface area contributed by atoms with Crippen molar-refractivity contribution in [3.8, 4) is 17.1 Å². The monoisotopic (exact) mass is 351 g/mol. The molecule has 0 saturated carbocycles. The zero-order chi connectivity index (χ0) is 18.5. The average molecular weight is 351 g/mol.